The summed E-state index contributed by atoms with van der Waals surface area (Å²) in [6, 6.07) is 9.28. The molecule has 2 heterocycles. The van der Waals surface area contributed by atoms with Crippen LogP contribution in [0.25, 0.3) is 0 Å². The lowest BCUT2D eigenvalue weighted by Crippen LogP contribution is -2.41. The van der Waals surface area contributed by atoms with Crippen LogP contribution in [0.3, 0.4) is 0 Å². The summed E-state index contributed by atoms with van der Waals surface area (Å²) in [6.45, 7) is 2.88. The molecule has 1 aromatic heterocycles. The fourth-order valence-corrected chi connectivity index (χ4v) is 3.83. The maximum Gasteiger partial charge on any atom is 0.239 e. The van der Waals surface area contributed by atoms with Crippen molar-refractivity contribution in [3.8, 4) is 11.5 Å². The van der Waals surface area contributed by atoms with Gasteiger partial charge in [0.25, 0.3) is 0 Å². The Morgan fingerprint density at radius 2 is 2.00 bits per heavy atom. The molecule has 1 aliphatic heterocycles. The first-order valence-corrected chi connectivity index (χ1v) is 10.3. The highest BCUT2D eigenvalue weighted by atomic mass is 16.5. The van der Waals surface area contributed by atoms with Crippen molar-refractivity contribution in [1.29, 1.82) is 0 Å². The average Bonchev–Trinajstić information content (AvgIpc) is 3.24. The number of carbonyl (C=O) groups excluding carboxylic acids is 2. The number of hydrogen-bond acceptors (Lipinski definition) is 6. The molecule has 1 unspecified atom stereocenters. The quantitative estimate of drug-likeness (QED) is 0.699. The number of anilines is 1. The summed E-state index contributed by atoms with van der Waals surface area (Å²) in [6.07, 6.45) is 3.50. The van der Waals surface area contributed by atoms with Gasteiger partial charge in [0.2, 0.25) is 11.8 Å². The lowest BCUT2D eigenvalue weighted by atomic mass is 10.0. The third kappa shape index (κ3) is 5.73. The zero-order valence-electron chi connectivity index (χ0n) is 18.6. The molecule has 0 bridgehead atoms. The van der Waals surface area contributed by atoms with E-state index < -0.39 is 0 Å². The van der Waals surface area contributed by atoms with Gasteiger partial charge in [0.15, 0.2) is 0 Å². The second kappa shape index (κ2) is 10.3. The van der Waals surface area contributed by atoms with E-state index in [9.17, 15) is 9.59 Å². The molecule has 0 aliphatic carbocycles. The number of carbonyl (C=O) groups is 2. The van der Waals surface area contributed by atoms with Gasteiger partial charge >= 0.3 is 0 Å². The molecule has 1 fully saturated rings. The maximum absolute atomic E-state index is 13.0. The Balaban J connectivity index is 1.60. The Hall–Kier alpha value is -3.13. The van der Waals surface area contributed by atoms with Gasteiger partial charge in [-0.15, -0.1) is 0 Å². The van der Waals surface area contributed by atoms with Crippen LogP contribution < -0.4 is 14.8 Å². The summed E-state index contributed by atoms with van der Waals surface area (Å²) in [4.78, 5) is 33.1. The van der Waals surface area contributed by atoms with Gasteiger partial charge in [0.1, 0.15) is 17.3 Å². The summed E-state index contributed by atoms with van der Waals surface area (Å²) >= 11 is 0. The van der Waals surface area contributed by atoms with E-state index in [0.717, 1.165) is 24.0 Å². The van der Waals surface area contributed by atoms with Crippen molar-refractivity contribution in [2.24, 2.45) is 0 Å². The number of aryl methyl sites for hydroxylation is 1. The van der Waals surface area contributed by atoms with E-state index in [-0.39, 0.29) is 30.9 Å². The number of rotatable bonds is 8. The van der Waals surface area contributed by atoms with E-state index in [1.165, 1.54) is 0 Å². The number of nitrogens with zero attached hydrogens (tertiary/aromatic N) is 3. The van der Waals surface area contributed by atoms with Gasteiger partial charge < -0.3 is 19.7 Å². The first kappa shape index (κ1) is 22.6. The molecule has 2 amide bonds. The van der Waals surface area contributed by atoms with E-state index in [1.54, 1.807) is 38.4 Å². The molecule has 0 spiro atoms. The van der Waals surface area contributed by atoms with Crippen molar-refractivity contribution in [3.05, 3.63) is 47.7 Å². The molecule has 31 heavy (non-hydrogen) atoms. The Kier molecular flexibility index (Phi) is 7.46. The molecule has 166 valence electrons. The van der Waals surface area contributed by atoms with Gasteiger partial charge in [0.05, 0.1) is 33.4 Å². The Morgan fingerprint density at radius 1 is 1.19 bits per heavy atom. The molecular formula is C23H30N4O4. The number of benzene rings is 1. The summed E-state index contributed by atoms with van der Waals surface area (Å²) in [7, 11) is 4.99. The standard InChI is InChI=1S/C23H30N4O4/c1-16-7-10-21(24-13-16)25-22(28)14-26(2)15-23(29)27-11-5-6-19(27)18-9-8-17(30-3)12-20(18)31-4/h7-10,12-13,19H,5-6,11,14-15H2,1-4H3,(H,24,25,28). The van der Waals surface area contributed by atoms with Crippen LogP contribution >= 0.6 is 0 Å². The second-order valence-electron chi connectivity index (χ2n) is 7.79. The summed E-state index contributed by atoms with van der Waals surface area (Å²) in [5, 5.41) is 2.76. The van der Waals surface area contributed by atoms with Crippen LogP contribution in [0.4, 0.5) is 5.82 Å². The molecule has 0 saturated carbocycles. The third-order valence-corrected chi connectivity index (χ3v) is 5.37. The highest BCUT2D eigenvalue weighted by molar-refractivity contribution is 5.91. The minimum atomic E-state index is -0.207. The second-order valence-corrected chi connectivity index (χ2v) is 7.79. The number of likely N-dealkylation sites (N-methyl/N-ethyl adjacent to an activating group) is 1. The van der Waals surface area contributed by atoms with Gasteiger partial charge in [-0.3, -0.25) is 14.5 Å². The maximum atomic E-state index is 13.0. The fraction of sp³-hybridized carbons (Fsp3) is 0.435. The lowest BCUT2D eigenvalue weighted by Gasteiger charge is -2.28. The molecule has 1 saturated heterocycles. The molecule has 8 nitrogen and oxygen atoms in total. The molecule has 8 heteroatoms. The summed E-state index contributed by atoms with van der Waals surface area (Å²) in [5.74, 6) is 1.71. The van der Waals surface area contributed by atoms with Crippen molar-refractivity contribution in [2.45, 2.75) is 25.8 Å². The topological polar surface area (TPSA) is 84.0 Å². The van der Waals surface area contributed by atoms with Crippen LogP contribution in [0.15, 0.2) is 36.5 Å². The molecule has 1 N–H and O–H groups in total. The van der Waals surface area contributed by atoms with Gasteiger partial charge in [-0.05, 0) is 50.6 Å². The molecule has 1 atom stereocenters. The van der Waals surface area contributed by atoms with Crippen molar-refractivity contribution in [3.63, 3.8) is 0 Å². The summed E-state index contributed by atoms with van der Waals surface area (Å²) in [5.41, 5.74) is 1.99. The van der Waals surface area contributed by atoms with Crippen LogP contribution in [-0.4, -0.2) is 67.5 Å². The normalized spacial score (nSPS) is 15.8. The Morgan fingerprint density at radius 3 is 2.68 bits per heavy atom. The van der Waals surface area contributed by atoms with Crippen molar-refractivity contribution in [1.82, 2.24) is 14.8 Å². The zero-order chi connectivity index (χ0) is 22.4. The van der Waals surface area contributed by atoms with Crippen molar-refractivity contribution >= 4 is 17.6 Å². The minimum Gasteiger partial charge on any atom is -0.497 e. The first-order valence-electron chi connectivity index (χ1n) is 10.3. The predicted octanol–water partition coefficient (Wildman–Crippen LogP) is 2.64. The Labute approximate surface area is 183 Å². The van der Waals surface area contributed by atoms with Gasteiger partial charge in [-0.2, -0.15) is 0 Å². The number of aromatic nitrogens is 1. The molecule has 3 rings (SSSR count). The molecule has 1 aliphatic rings. The van der Waals surface area contributed by atoms with Gasteiger partial charge in [-0.25, -0.2) is 4.98 Å². The molecule has 2 aromatic rings. The third-order valence-electron chi connectivity index (χ3n) is 5.37. The number of nitrogens with one attached hydrogen (secondary N) is 1. The predicted molar refractivity (Wildman–Crippen MR) is 118 cm³/mol. The molecular weight excluding hydrogens is 396 g/mol. The van der Waals surface area contributed by atoms with Crippen LogP contribution in [0.1, 0.15) is 30.0 Å². The van der Waals surface area contributed by atoms with Crippen LogP contribution in [0.2, 0.25) is 0 Å². The minimum absolute atomic E-state index is 0.0101. The fourth-order valence-electron chi connectivity index (χ4n) is 3.83. The molecule has 0 radical (unpaired) electrons. The Bertz CT molecular complexity index is 916. The van der Waals surface area contributed by atoms with E-state index >= 15 is 0 Å². The van der Waals surface area contributed by atoms with E-state index in [1.807, 2.05) is 36.1 Å². The average molecular weight is 427 g/mol. The highest BCUT2D eigenvalue weighted by Crippen LogP contribution is 2.38. The van der Waals surface area contributed by atoms with Gasteiger partial charge in [-0.1, -0.05) is 6.07 Å². The lowest BCUT2D eigenvalue weighted by molar-refractivity contribution is -0.133. The number of amides is 2. The number of hydrogen-bond donors (Lipinski definition) is 1. The van der Waals surface area contributed by atoms with Crippen LogP contribution in [-0.2, 0) is 9.59 Å². The number of pyridine rings is 1. The van der Waals surface area contributed by atoms with Crippen molar-refractivity contribution < 1.29 is 19.1 Å². The number of likely N-dealkylation sites (tertiary alicyclic amines) is 1. The number of methoxy groups -OCH3 is 2. The highest BCUT2D eigenvalue weighted by Gasteiger charge is 2.32. The monoisotopic (exact) mass is 426 g/mol. The van der Waals surface area contributed by atoms with E-state index in [2.05, 4.69) is 10.3 Å². The van der Waals surface area contributed by atoms with Crippen LogP contribution in [0, 0.1) is 6.92 Å². The number of ether oxygens (including phenoxy) is 2. The SMILES string of the molecule is COc1ccc(C2CCCN2C(=O)CN(C)CC(=O)Nc2ccc(C)cn2)c(OC)c1. The van der Waals surface area contributed by atoms with Crippen molar-refractivity contribution in [2.75, 3.05) is 46.2 Å². The summed E-state index contributed by atoms with van der Waals surface area (Å²) < 4.78 is 10.8. The van der Waals surface area contributed by atoms with Crippen LogP contribution in [0.5, 0.6) is 11.5 Å². The first-order chi connectivity index (χ1) is 14.9. The van der Waals surface area contributed by atoms with Gasteiger partial charge in [0, 0.05) is 24.4 Å². The molecule has 1 aromatic carbocycles. The zero-order valence-corrected chi connectivity index (χ0v) is 18.6. The largest absolute Gasteiger partial charge is 0.497 e. The smallest absolute Gasteiger partial charge is 0.239 e. The van der Waals surface area contributed by atoms with E-state index in [4.69, 9.17) is 9.47 Å². The van der Waals surface area contributed by atoms with E-state index in [0.29, 0.717) is 23.9 Å².